The fourth-order valence-electron chi connectivity index (χ4n) is 3.06. The van der Waals surface area contributed by atoms with Crippen molar-refractivity contribution in [3.63, 3.8) is 0 Å². The third kappa shape index (κ3) is 6.22. The Balaban J connectivity index is 2.49. The maximum atomic E-state index is 11.9. The van der Waals surface area contributed by atoms with E-state index in [4.69, 9.17) is 10.5 Å². The summed E-state index contributed by atoms with van der Waals surface area (Å²) >= 11 is 0. The van der Waals surface area contributed by atoms with Crippen molar-refractivity contribution in [2.75, 3.05) is 12.0 Å². The molecular formula is C14H27NO4S. The topological polar surface area (TPSA) is 86.5 Å². The van der Waals surface area contributed by atoms with E-state index in [0.29, 0.717) is 5.92 Å². The summed E-state index contributed by atoms with van der Waals surface area (Å²) in [5, 5.41) is 0. The van der Waals surface area contributed by atoms with Crippen molar-refractivity contribution in [3.8, 4) is 0 Å². The van der Waals surface area contributed by atoms with Crippen molar-refractivity contribution in [3.05, 3.63) is 0 Å². The van der Waals surface area contributed by atoms with Crippen LogP contribution in [0.4, 0.5) is 0 Å². The lowest BCUT2D eigenvalue weighted by Crippen LogP contribution is -2.40. The number of hydrogen-bond donors (Lipinski definition) is 1. The summed E-state index contributed by atoms with van der Waals surface area (Å²) in [6, 6.07) is -0.856. The molecule has 0 saturated heterocycles. The molecule has 0 aromatic carbocycles. The van der Waals surface area contributed by atoms with Crippen LogP contribution < -0.4 is 5.73 Å². The zero-order valence-electron chi connectivity index (χ0n) is 12.9. The van der Waals surface area contributed by atoms with E-state index in [-0.39, 0.29) is 23.7 Å². The zero-order valence-corrected chi connectivity index (χ0v) is 13.7. The molecule has 1 saturated carbocycles. The van der Waals surface area contributed by atoms with E-state index in [2.05, 4.69) is 20.8 Å². The van der Waals surface area contributed by atoms with Gasteiger partial charge in [0, 0.05) is 6.26 Å². The first-order valence-electron chi connectivity index (χ1n) is 7.12. The molecule has 20 heavy (non-hydrogen) atoms. The molecule has 0 spiro atoms. The van der Waals surface area contributed by atoms with Crippen LogP contribution in [0.15, 0.2) is 0 Å². The third-order valence-electron chi connectivity index (χ3n) is 3.73. The number of hydrogen-bond acceptors (Lipinski definition) is 5. The number of carbonyl (C=O) groups excluding carboxylic acids is 1. The van der Waals surface area contributed by atoms with Gasteiger partial charge in [-0.15, -0.1) is 0 Å². The van der Waals surface area contributed by atoms with Gasteiger partial charge in [0.05, 0.1) is 5.75 Å². The summed E-state index contributed by atoms with van der Waals surface area (Å²) in [6.45, 7) is 6.51. The van der Waals surface area contributed by atoms with E-state index in [1.54, 1.807) is 0 Å². The van der Waals surface area contributed by atoms with E-state index in [9.17, 15) is 13.2 Å². The summed E-state index contributed by atoms with van der Waals surface area (Å²) in [6.07, 6.45) is 3.96. The van der Waals surface area contributed by atoms with Gasteiger partial charge in [-0.05, 0) is 37.0 Å². The van der Waals surface area contributed by atoms with Crippen LogP contribution >= 0.6 is 0 Å². The molecule has 0 aromatic rings. The second kappa shape index (κ2) is 6.43. The average Bonchev–Trinajstić information content (AvgIpc) is 2.21. The summed E-state index contributed by atoms with van der Waals surface area (Å²) in [5.41, 5.74) is 5.87. The standard InChI is InChI=1S/C14H27NO4S/c1-10-7-11(9-14(2,3)8-10)19-13(16)12(15)5-6-20(4,17)18/h10-12H,5-9,15H2,1-4H3. The molecule has 1 fully saturated rings. The quantitative estimate of drug-likeness (QED) is 0.778. The van der Waals surface area contributed by atoms with Gasteiger partial charge in [-0.2, -0.15) is 0 Å². The van der Waals surface area contributed by atoms with Gasteiger partial charge in [0.15, 0.2) is 0 Å². The Hall–Kier alpha value is -0.620. The van der Waals surface area contributed by atoms with Gasteiger partial charge in [0.2, 0.25) is 0 Å². The molecule has 0 aliphatic heterocycles. The molecule has 3 atom stereocenters. The maximum Gasteiger partial charge on any atom is 0.323 e. The summed E-state index contributed by atoms with van der Waals surface area (Å²) < 4.78 is 27.6. The van der Waals surface area contributed by atoms with Gasteiger partial charge >= 0.3 is 5.97 Å². The third-order valence-corrected chi connectivity index (χ3v) is 4.71. The Kier molecular flexibility index (Phi) is 5.61. The fraction of sp³-hybridized carbons (Fsp3) is 0.929. The average molecular weight is 305 g/mol. The molecule has 118 valence electrons. The molecular weight excluding hydrogens is 278 g/mol. The number of carbonyl (C=O) groups is 1. The second-order valence-electron chi connectivity index (χ2n) is 7.00. The molecule has 5 nitrogen and oxygen atoms in total. The van der Waals surface area contributed by atoms with Gasteiger partial charge in [-0.1, -0.05) is 20.8 Å². The minimum Gasteiger partial charge on any atom is -0.461 e. The molecule has 1 aliphatic carbocycles. The lowest BCUT2D eigenvalue weighted by atomic mass is 9.71. The fourth-order valence-corrected chi connectivity index (χ4v) is 3.74. The SMILES string of the molecule is CC1CC(OC(=O)C(N)CCS(C)(=O)=O)CC(C)(C)C1. The van der Waals surface area contributed by atoms with E-state index < -0.39 is 21.8 Å². The van der Waals surface area contributed by atoms with Crippen LogP contribution in [0.5, 0.6) is 0 Å². The summed E-state index contributed by atoms with van der Waals surface area (Å²) in [4.78, 5) is 11.9. The van der Waals surface area contributed by atoms with Gasteiger partial charge < -0.3 is 10.5 Å². The van der Waals surface area contributed by atoms with Crippen LogP contribution in [0.3, 0.4) is 0 Å². The van der Waals surface area contributed by atoms with Crippen LogP contribution in [0, 0.1) is 11.3 Å². The molecule has 0 radical (unpaired) electrons. The lowest BCUT2D eigenvalue weighted by molar-refractivity contribution is -0.155. The van der Waals surface area contributed by atoms with Crippen molar-refractivity contribution in [1.29, 1.82) is 0 Å². The Bertz CT molecular complexity index is 444. The normalized spacial score (nSPS) is 27.9. The molecule has 0 heterocycles. The van der Waals surface area contributed by atoms with Gasteiger partial charge in [-0.3, -0.25) is 4.79 Å². The van der Waals surface area contributed by atoms with Crippen LogP contribution in [0.2, 0.25) is 0 Å². The Morgan fingerprint density at radius 2 is 2.00 bits per heavy atom. The van der Waals surface area contributed by atoms with Crippen molar-refractivity contribution >= 4 is 15.8 Å². The first kappa shape index (κ1) is 17.4. The highest BCUT2D eigenvalue weighted by atomic mass is 32.2. The molecule has 0 bridgehead atoms. The Morgan fingerprint density at radius 3 is 2.50 bits per heavy atom. The first-order chi connectivity index (χ1) is 8.98. The molecule has 1 rings (SSSR count). The van der Waals surface area contributed by atoms with Gasteiger partial charge in [0.25, 0.3) is 0 Å². The highest BCUT2D eigenvalue weighted by molar-refractivity contribution is 7.90. The highest BCUT2D eigenvalue weighted by Crippen LogP contribution is 2.39. The molecule has 2 N–H and O–H groups in total. The molecule has 0 aromatic heterocycles. The van der Waals surface area contributed by atoms with Gasteiger partial charge in [-0.25, -0.2) is 8.42 Å². The first-order valence-corrected chi connectivity index (χ1v) is 9.18. The monoisotopic (exact) mass is 305 g/mol. The number of esters is 1. The predicted octanol–water partition coefficient (Wildman–Crippen LogP) is 1.51. The van der Waals surface area contributed by atoms with Crippen molar-refractivity contribution < 1.29 is 17.9 Å². The Morgan fingerprint density at radius 1 is 1.40 bits per heavy atom. The molecule has 3 unspecified atom stereocenters. The van der Waals surface area contributed by atoms with Crippen LogP contribution in [-0.2, 0) is 19.4 Å². The second-order valence-corrected chi connectivity index (χ2v) is 9.26. The van der Waals surface area contributed by atoms with E-state index >= 15 is 0 Å². The number of rotatable bonds is 5. The van der Waals surface area contributed by atoms with Crippen LogP contribution in [0.25, 0.3) is 0 Å². The maximum absolute atomic E-state index is 11.9. The molecule has 0 amide bonds. The largest absolute Gasteiger partial charge is 0.461 e. The minimum absolute atomic E-state index is 0.0875. The minimum atomic E-state index is -3.10. The predicted molar refractivity (Wildman–Crippen MR) is 79.0 cm³/mol. The van der Waals surface area contributed by atoms with Gasteiger partial charge in [0.1, 0.15) is 22.0 Å². The summed E-state index contributed by atoms with van der Waals surface area (Å²) in [5.74, 6) is -0.0529. The number of ether oxygens (including phenoxy) is 1. The van der Waals surface area contributed by atoms with Crippen molar-refractivity contribution in [2.45, 2.75) is 58.6 Å². The number of sulfone groups is 1. The van der Waals surface area contributed by atoms with Crippen LogP contribution in [0.1, 0.15) is 46.5 Å². The smallest absolute Gasteiger partial charge is 0.323 e. The highest BCUT2D eigenvalue weighted by Gasteiger charge is 2.34. The Labute approximate surface area is 122 Å². The van der Waals surface area contributed by atoms with Crippen molar-refractivity contribution in [1.82, 2.24) is 0 Å². The van der Waals surface area contributed by atoms with Crippen LogP contribution in [-0.4, -0.2) is 38.5 Å². The van der Waals surface area contributed by atoms with E-state index in [1.807, 2.05) is 0 Å². The van der Waals surface area contributed by atoms with E-state index in [0.717, 1.165) is 25.5 Å². The molecule has 6 heteroatoms. The van der Waals surface area contributed by atoms with Crippen molar-refractivity contribution in [2.24, 2.45) is 17.1 Å². The summed E-state index contributed by atoms with van der Waals surface area (Å²) in [7, 11) is -3.10. The number of nitrogens with two attached hydrogens (primary N) is 1. The molecule has 1 aliphatic rings. The zero-order chi connectivity index (χ0) is 15.6. The van der Waals surface area contributed by atoms with E-state index in [1.165, 1.54) is 0 Å². The lowest BCUT2D eigenvalue weighted by Gasteiger charge is -2.38.